The molecule has 0 bridgehead atoms. The molecule has 0 aliphatic heterocycles. The first kappa shape index (κ1) is 10.8. The Labute approximate surface area is 95.6 Å². The molecule has 0 saturated heterocycles. The first-order valence-corrected chi connectivity index (χ1v) is 5.56. The molecule has 0 fully saturated rings. The number of thiophene rings is 1. The second-order valence-corrected chi connectivity index (χ2v) is 4.09. The summed E-state index contributed by atoms with van der Waals surface area (Å²) in [6.45, 7) is 0.222. The van der Waals surface area contributed by atoms with Crippen LogP contribution in [0.4, 0.5) is 0 Å². The summed E-state index contributed by atoms with van der Waals surface area (Å²) in [5, 5.41) is 23.6. The highest BCUT2D eigenvalue weighted by Crippen LogP contribution is 2.25. The summed E-state index contributed by atoms with van der Waals surface area (Å²) in [7, 11) is 0. The van der Waals surface area contributed by atoms with Crippen LogP contribution in [0.3, 0.4) is 0 Å². The molecule has 2 aromatic rings. The summed E-state index contributed by atoms with van der Waals surface area (Å²) in [5.74, 6) is -1.06. The van der Waals surface area contributed by atoms with Crippen LogP contribution in [0.1, 0.15) is 10.5 Å². The number of rotatable bonds is 4. The van der Waals surface area contributed by atoms with E-state index in [9.17, 15) is 4.79 Å². The molecule has 2 rings (SSSR count). The molecule has 0 amide bonds. The molecule has 0 radical (unpaired) electrons. The van der Waals surface area contributed by atoms with Crippen LogP contribution in [-0.2, 0) is 6.54 Å². The number of carboxylic acids is 1. The van der Waals surface area contributed by atoms with Gasteiger partial charge in [0.05, 0.1) is 23.7 Å². The predicted molar refractivity (Wildman–Crippen MR) is 59.6 cm³/mol. The van der Waals surface area contributed by atoms with E-state index in [-0.39, 0.29) is 12.3 Å². The maximum absolute atomic E-state index is 10.8. The van der Waals surface area contributed by atoms with E-state index < -0.39 is 5.97 Å². The van der Waals surface area contributed by atoms with E-state index in [1.807, 2.05) is 17.5 Å². The maximum atomic E-state index is 10.8. The third-order valence-corrected chi connectivity index (χ3v) is 2.98. The number of aromatic carboxylic acids is 1. The average molecular weight is 238 g/mol. The second kappa shape index (κ2) is 4.46. The highest BCUT2D eigenvalue weighted by Gasteiger charge is 2.14. The van der Waals surface area contributed by atoms with E-state index >= 15 is 0 Å². The van der Waals surface area contributed by atoms with Crippen molar-refractivity contribution >= 4 is 17.3 Å². The van der Waals surface area contributed by atoms with Gasteiger partial charge in [0.1, 0.15) is 0 Å². The summed E-state index contributed by atoms with van der Waals surface area (Å²) >= 11 is 1.51. The van der Waals surface area contributed by atoms with Crippen LogP contribution in [0.15, 0.2) is 23.6 Å². The van der Waals surface area contributed by atoms with Crippen molar-refractivity contribution in [3.05, 3.63) is 29.3 Å². The Balaban J connectivity index is 2.46. The van der Waals surface area contributed by atoms with Crippen LogP contribution in [0.2, 0.25) is 0 Å². The number of hydrogen-bond acceptors (Lipinski definition) is 4. The molecule has 0 atom stereocenters. The van der Waals surface area contributed by atoms with E-state index in [4.69, 9.17) is 10.2 Å². The molecule has 2 heterocycles. The smallest absolute Gasteiger partial charge is 0.356 e. The summed E-state index contributed by atoms with van der Waals surface area (Å²) in [4.78, 5) is 11.7. The summed E-state index contributed by atoms with van der Waals surface area (Å²) in [5.41, 5.74) is 0.721. The average Bonchev–Trinajstić information content (AvgIpc) is 2.84. The van der Waals surface area contributed by atoms with Gasteiger partial charge in [-0.3, -0.25) is 4.68 Å². The summed E-state index contributed by atoms with van der Waals surface area (Å²) in [6.07, 6.45) is 0. The molecule has 0 spiro atoms. The fraction of sp³-hybridized carbons (Fsp3) is 0.200. The first-order chi connectivity index (χ1) is 7.72. The summed E-state index contributed by atoms with van der Waals surface area (Å²) in [6, 6.07) is 5.29. The van der Waals surface area contributed by atoms with Crippen LogP contribution >= 0.6 is 11.3 Å². The van der Waals surface area contributed by atoms with E-state index in [1.54, 1.807) is 0 Å². The van der Waals surface area contributed by atoms with Gasteiger partial charge in [0.15, 0.2) is 5.69 Å². The number of aliphatic hydroxyl groups is 1. The number of carbonyl (C=O) groups is 1. The third kappa shape index (κ3) is 1.98. The van der Waals surface area contributed by atoms with Crippen LogP contribution in [-0.4, -0.2) is 32.6 Å². The standard InChI is InChI=1S/C10H10N2O3S/c13-4-3-12-8(9-2-1-5-16-9)6-7(11-12)10(14)15/h1-2,5-6,13H,3-4H2,(H,14,15). The predicted octanol–water partition coefficient (Wildman–Crippen LogP) is 1.30. The van der Waals surface area contributed by atoms with Crippen LogP contribution in [0, 0.1) is 0 Å². The van der Waals surface area contributed by atoms with Gasteiger partial charge in [-0.2, -0.15) is 5.10 Å². The number of aliphatic hydroxyl groups excluding tert-OH is 1. The van der Waals surface area contributed by atoms with E-state index in [0.717, 1.165) is 10.6 Å². The Kier molecular flexibility index (Phi) is 3.02. The number of nitrogens with zero attached hydrogens (tertiary/aromatic N) is 2. The molecule has 2 aromatic heterocycles. The van der Waals surface area contributed by atoms with Crippen molar-refractivity contribution in [3.8, 4) is 10.6 Å². The number of hydrogen-bond donors (Lipinski definition) is 2. The minimum atomic E-state index is -1.06. The minimum Gasteiger partial charge on any atom is -0.476 e. The van der Waals surface area contributed by atoms with E-state index in [2.05, 4.69) is 5.10 Å². The fourth-order valence-electron chi connectivity index (χ4n) is 1.41. The molecule has 0 unspecified atom stereocenters. The zero-order valence-electron chi connectivity index (χ0n) is 8.33. The molecule has 0 saturated carbocycles. The van der Waals surface area contributed by atoms with Gasteiger partial charge in [0.2, 0.25) is 0 Å². The monoisotopic (exact) mass is 238 g/mol. The second-order valence-electron chi connectivity index (χ2n) is 3.14. The Morgan fingerprint density at radius 1 is 1.56 bits per heavy atom. The molecule has 0 aromatic carbocycles. The Morgan fingerprint density at radius 3 is 2.94 bits per heavy atom. The molecule has 6 heteroatoms. The third-order valence-electron chi connectivity index (χ3n) is 2.08. The topological polar surface area (TPSA) is 75.3 Å². The van der Waals surface area contributed by atoms with Crippen LogP contribution in [0.25, 0.3) is 10.6 Å². The zero-order valence-corrected chi connectivity index (χ0v) is 9.15. The summed E-state index contributed by atoms with van der Waals surface area (Å²) < 4.78 is 1.51. The van der Waals surface area contributed by atoms with Crippen molar-refractivity contribution in [1.82, 2.24) is 9.78 Å². The highest BCUT2D eigenvalue weighted by molar-refractivity contribution is 7.13. The van der Waals surface area contributed by atoms with E-state index in [1.165, 1.54) is 22.1 Å². The lowest BCUT2D eigenvalue weighted by atomic mass is 10.3. The SMILES string of the molecule is O=C(O)c1cc(-c2cccs2)n(CCO)n1. The molecule has 5 nitrogen and oxygen atoms in total. The van der Waals surface area contributed by atoms with Gasteiger partial charge in [-0.15, -0.1) is 11.3 Å². The van der Waals surface area contributed by atoms with Crippen LogP contribution in [0.5, 0.6) is 0 Å². The van der Waals surface area contributed by atoms with Gasteiger partial charge in [0, 0.05) is 0 Å². The largest absolute Gasteiger partial charge is 0.476 e. The fourth-order valence-corrected chi connectivity index (χ4v) is 2.16. The van der Waals surface area contributed by atoms with Crippen molar-refractivity contribution in [3.63, 3.8) is 0 Å². The van der Waals surface area contributed by atoms with Crippen molar-refractivity contribution in [2.45, 2.75) is 6.54 Å². The Bertz CT molecular complexity index is 490. The quantitative estimate of drug-likeness (QED) is 0.841. The van der Waals surface area contributed by atoms with E-state index in [0.29, 0.717) is 6.54 Å². The van der Waals surface area contributed by atoms with Crippen LogP contribution < -0.4 is 0 Å². The van der Waals surface area contributed by atoms with Crippen molar-refractivity contribution in [2.75, 3.05) is 6.61 Å². The Hall–Kier alpha value is -1.66. The lowest BCUT2D eigenvalue weighted by molar-refractivity contribution is 0.0689. The molecular weight excluding hydrogens is 228 g/mol. The minimum absolute atomic E-state index is 0.00292. The molecule has 0 aliphatic rings. The zero-order chi connectivity index (χ0) is 11.5. The first-order valence-electron chi connectivity index (χ1n) is 4.68. The molecule has 2 N–H and O–H groups in total. The molecule has 16 heavy (non-hydrogen) atoms. The molecule has 0 aliphatic carbocycles. The van der Waals surface area contributed by atoms with Crippen molar-refractivity contribution < 1.29 is 15.0 Å². The highest BCUT2D eigenvalue weighted by atomic mass is 32.1. The molecule has 84 valence electrons. The lowest BCUT2D eigenvalue weighted by Crippen LogP contribution is -2.07. The van der Waals surface area contributed by atoms with Gasteiger partial charge in [-0.05, 0) is 17.5 Å². The van der Waals surface area contributed by atoms with Crippen molar-refractivity contribution in [1.29, 1.82) is 0 Å². The normalized spacial score (nSPS) is 10.6. The van der Waals surface area contributed by atoms with Gasteiger partial charge in [-0.25, -0.2) is 4.79 Å². The van der Waals surface area contributed by atoms with Gasteiger partial charge < -0.3 is 10.2 Å². The maximum Gasteiger partial charge on any atom is 0.356 e. The number of carboxylic acid groups (broad SMARTS) is 1. The lowest BCUT2D eigenvalue weighted by Gasteiger charge is -2.02. The van der Waals surface area contributed by atoms with Gasteiger partial charge in [-0.1, -0.05) is 6.07 Å². The van der Waals surface area contributed by atoms with Gasteiger partial charge in [0.25, 0.3) is 0 Å². The Morgan fingerprint density at radius 2 is 2.38 bits per heavy atom. The van der Waals surface area contributed by atoms with Gasteiger partial charge >= 0.3 is 5.97 Å². The number of aromatic nitrogens is 2. The van der Waals surface area contributed by atoms with Crippen molar-refractivity contribution in [2.24, 2.45) is 0 Å². The molecular formula is C10H10N2O3S.